The maximum atomic E-state index is 11.7. The molecule has 0 aliphatic rings. The molecule has 1 atom stereocenters. The van der Waals surface area contributed by atoms with E-state index in [0.717, 1.165) is 0 Å². The van der Waals surface area contributed by atoms with Gasteiger partial charge in [-0.1, -0.05) is 30.7 Å². The molecular formula is C9H11ClN2OS2. The molecule has 0 saturated carbocycles. The fraction of sp³-hybridized carbons (Fsp3) is 0.333. The summed E-state index contributed by atoms with van der Waals surface area (Å²) in [6, 6.07) is 1.41. The smallest absolute Gasteiger partial charge is 0.263 e. The molecule has 0 aliphatic carbocycles. The monoisotopic (exact) mass is 262 g/mol. The topological polar surface area (TPSA) is 55.1 Å². The second-order valence-corrected chi connectivity index (χ2v) is 4.73. The predicted molar refractivity (Wildman–Crippen MR) is 67.7 cm³/mol. The Labute approximate surface area is 103 Å². The molecule has 1 aromatic rings. The number of nitrogens with two attached hydrogens (primary N) is 1. The molecule has 15 heavy (non-hydrogen) atoms. The lowest BCUT2D eigenvalue weighted by Crippen LogP contribution is -2.42. The third kappa shape index (κ3) is 3.15. The second kappa shape index (κ2) is 5.44. The highest BCUT2D eigenvalue weighted by molar-refractivity contribution is 7.80. The number of thiophene rings is 1. The summed E-state index contributed by atoms with van der Waals surface area (Å²) in [7, 11) is 0. The van der Waals surface area contributed by atoms with E-state index in [9.17, 15) is 4.79 Å². The van der Waals surface area contributed by atoms with E-state index in [-0.39, 0.29) is 11.9 Å². The minimum absolute atomic E-state index is 0.227. The molecule has 1 heterocycles. The van der Waals surface area contributed by atoms with Gasteiger partial charge >= 0.3 is 0 Å². The minimum atomic E-state index is -0.273. The number of hydrogen-bond donors (Lipinski definition) is 2. The van der Waals surface area contributed by atoms with Gasteiger partial charge in [-0.25, -0.2) is 0 Å². The Kier molecular flexibility index (Phi) is 4.50. The normalized spacial score (nSPS) is 12.1. The molecule has 1 amide bonds. The summed E-state index contributed by atoms with van der Waals surface area (Å²) < 4.78 is 0. The van der Waals surface area contributed by atoms with E-state index in [1.54, 1.807) is 11.4 Å². The van der Waals surface area contributed by atoms with Crippen LogP contribution in [0.4, 0.5) is 0 Å². The van der Waals surface area contributed by atoms with Crippen LogP contribution < -0.4 is 11.1 Å². The molecule has 3 N–H and O–H groups in total. The number of halogens is 1. The molecule has 0 spiro atoms. The minimum Gasteiger partial charge on any atom is -0.392 e. The van der Waals surface area contributed by atoms with Gasteiger partial charge in [0, 0.05) is 0 Å². The van der Waals surface area contributed by atoms with E-state index in [4.69, 9.17) is 29.6 Å². The number of carbonyl (C=O) groups is 1. The van der Waals surface area contributed by atoms with Crippen LogP contribution in [0.5, 0.6) is 0 Å². The zero-order valence-electron chi connectivity index (χ0n) is 8.12. The average Bonchev–Trinajstić information content (AvgIpc) is 2.60. The number of hydrogen-bond acceptors (Lipinski definition) is 3. The average molecular weight is 263 g/mol. The van der Waals surface area contributed by atoms with E-state index in [0.29, 0.717) is 21.3 Å². The summed E-state index contributed by atoms with van der Waals surface area (Å²) in [5, 5.41) is 4.95. The number of thiocarbonyl (C=S) groups is 1. The molecule has 1 aromatic heterocycles. The van der Waals surface area contributed by atoms with Crippen LogP contribution in [0.25, 0.3) is 0 Å². The van der Waals surface area contributed by atoms with Crippen LogP contribution in [0.3, 0.4) is 0 Å². The van der Waals surface area contributed by atoms with Crippen LogP contribution in [-0.2, 0) is 0 Å². The molecule has 0 saturated heterocycles. The van der Waals surface area contributed by atoms with Gasteiger partial charge in [-0.05, 0) is 17.9 Å². The van der Waals surface area contributed by atoms with E-state index in [2.05, 4.69) is 5.32 Å². The predicted octanol–water partition coefficient (Wildman–Crippen LogP) is 2.20. The first kappa shape index (κ1) is 12.4. The number of amides is 1. The van der Waals surface area contributed by atoms with E-state index in [1.807, 2.05) is 6.92 Å². The lowest BCUT2D eigenvalue weighted by molar-refractivity contribution is 0.0950. The van der Waals surface area contributed by atoms with Gasteiger partial charge in [0.1, 0.15) is 4.88 Å². The van der Waals surface area contributed by atoms with Gasteiger partial charge in [-0.15, -0.1) is 11.3 Å². The molecule has 0 bridgehead atoms. The van der Waals surface area contributed by atoms with Crippen molar-refractivity contribution in [3.8, 4) is 0 Å². The molecule has 3 nitrogen and oxygen atoms in total. The summed E-state index contributed by atoms with van der Waals surface area (Å²) in [4.78, 5) is 12.5. The SMILES string of the molecule is CCC(NC(=O)c1sccc1Cl)C(N)=S. The van der Waals surface area contributed by atoms with Crippen molar-refractivity contribution in [3.05, 3.63) is 21.3 Å². The van der Waals surface area contributed by atoms with Gasteiger partial charge in [-0.2, -0.15) is 0 Å². The molecule has 0 aromatic carbocycles. The summed E-state index contributed by atoms with van der Waals surface area (Å²) >= 11 is 12.0. The second-order valence-electron chi connectivity index (χ2n) is 2.93. The highest BCUT2D eigenvalue weighted by Gasteiger charge is 2.17. The van der Waals surface area contributed by atoms with Crippen molar-refractivity contribution in [1.82, 2.24) is 5.32 Å². The quantitative estimate of drug-likeness (QED) is 0.818. The van der Waals surface area contributed by atoms with Crippen molar-refractivity contribution >= 4 is 46.1 Å². The molecule has 6 heteroatoms. The summed E-state index contributed by atoms with van der Waals surface area (Å²) in [5.41, 5.74) is 5.47. The molecule has 82 valence electrons. The first-order chi connectivity index (χ1) is 7.06. The first-order valence-electron chi connectivity index (χ1n) is 4.39. The Hall–Kier alpha value is -0.650. The van der Waals surface area contributed by atoms with Crippen LogP contribution >= 0.6 is 35.2 Å². The Morgan fingerprint density at radius 2 is 2.47 bits per heavy atom. The molecule has 0 aliphatic heterocycles. The Morgan fingerprint density at radius 1 is 1.80 bits per heavy atom. The van der Waals surface area contributed by atoms with Gasteiger partial charge in [-0.3, -0.25) is 4.79 Å². The third-order valence-electron chi connectivity index (χ3n) is 1.88. The molecular weight excluding hydrogens is 252 g/mol. The molecule has 1 rings (SSSR count). The van der Waals surface area contributed by atoms with E-state index >= 15 is 0 Å². The maximum Gasteiger partial charge on any atom is 0.263 e. The van der Waals surface area contributed by atoms with Crippen LogP contribution in [0.2, 0.25) is 5.02 Å². The highest BCUT2D eigenvalue weighted by Crippen LogP contribution is 2.21. The van der Waals surface area contributed by atoms with Crippen LogP contribution in [-0.4, -0.2) is 16.9 Å². The fourth-order valence-electron chi connectivity index (χ4n) is 1.05. The molecule has 0 fully saturated rings. The molecule has 0 radical (unpaired) electrons. The Balaban J connectivity index is 2.71. The third-order valence-corrected chi connectivity index (χ3v) is 3.51. The van der Waals surface area contributed by atoms with Gasteiger partial charge in [0.25, 0.3) is 5.91 Å². The van der Waals surface area contributed by atoms with Crippen molar-refractivity contribution in [3.63, 3.8) is 0 Å². The fourth-order valence-corrected chi connectivity index (χ4v) is 2.32. The molecule has 1 unspecified atom stereocenters. The number of nitrogens with one attached hydrogen (secondary N) is 1. The zero-order valence-corrected chi connectivity index (χ0v) is 10.5. The zero-order chi connectivity index (χ0) is 11.4. The van der Waals surface area contributed by atoms with E-state index < -0.39 is 0 Å². The number of carbonyl (C=O) groups excluding carboxylic acids is 1. The number of rotatable bonds is 4. The summed E-state index contributed by atoms with van der Waals surface area (Å²) in [6.45, 7) is 1.90. The first-order valence-corrected chi connectivity index (χ1v) is 6.06. The lowest BCUT2D eigenvalue weighted by atomic mass is 10.2. The highest BCUT2D eigenvalue weighted by atomic mass is 35.5. The van der Waals surface area contributed by atoms with Crippen LogP contribution in [0.15, 0.2) is 11.4 Å². The van der Waals surface area contributed by atoms with Gasteiger partial charge < -0.3 is 11.1 Å². The van der Waals surface area contributed by atoms with Crippen molar-refractivity contribution in [2.24, 2.45) is 5.73 Å². The maximum absolute atomic E-state index is 11.7. The van der Waals surface area contributed by atoms with Gasteiger partial charge in [0.15, 0.2) is 0 Å². The van der Waals surface area contributed by atoms with Crippen molar-refractivity contribution in [2.75, 3.05) is 0 Å². The van der Waals surface area contributed by atoms with Crippen molar-refractivity contribution < 1.29 is 4.79 Å². The van der Waals surface area contributed by atoms with Gasteiger partial charge in [0.2, 0.25) is 0 Å². The Morgan fingerprint density at radius 3 is 2.87 bits per heavy atom. The van der Waals surface area contributed by atoms with Crippen molar-refractivity contribution in [2.45, 2.75) is 19.4 Å². The summed E-state index contributed by atoms with van der Waals surface area (Å²) in [6.07, 6.45) is 0.671. The van der Waals surface area contributed by atoms with Gasteiger partial charge in [0.05, 0.1) is 16.1 Å². The van der Waals surface area contributed by atoms with Crippen LogP contribution in [0.1, 0.15) is 23.0 Å². The van der Waals surface area contributed by atoms with Crippen molar-refractivity contribution in [1.29, 1.82) is 0 Å². The lowest BCUT2D eigenvalue weighted by Gasteiger charge is -2.14. The van der Waals surface area contributed by atoms with E-state index in [1.165, 1.54) is 11.3 Å². The summed E-state index contributed by atoms with van der Waals surface area (Å²) in [5.74, 6) is -0.227. The standard InChI is InChI=1S/C9H11ClN2OS2/c1-2-6(8(11)14)12-9(13)7-5(10)3-4-15-7/h3-4,6H,2H2,1H3,(H2,11,14)(H,12,13). The Bertz CT molecular complexity index is 378. The largest absolute Gasteiger partial charge is 0.392 e. The van der Waals surface area contributed by atoms with Crippen LogP contribution in [0, 0.1) is 0 Å².